The Balaban J connectivity index is 1.61. The van der Waals surface area contributed by atoms with E-state index in [2.05, 4.69) is 37.9 Å². The summed E-state index contributed by atoms with van der Waals surface area (Å²) in [4.78, 5) is 12.2. The van der Waals surface area contributed by atoms with Gasteiger partial charge < -0.3 is 9.88 Å². The average Bonchev–Trinajstić information content (AvgIpc) is 2.98. The van der Waals surface area contributed by atoms with E-state index >= 15 is 0 Å². The summed E-state index contributed by atoms with van der Waals surface area (Å²) in [6.45, 7) is 2.68. The first-order chi connectivity index (χ1) is 11.1. The van der Waals surface area contributed by atoms with Gasteiger partial charge in [0.15, 0.2) is 0 Å². The quantitative estimate of drug-likeness (QED) is 0.695. The van der Waals surface area contributed by atoms with Crippen LogP contribution >= 0.6 is 15.9 Å². The van der Waals surface area contributed by atoms with Crippen molar-refractivity contribution in [1.29, 1.82) is 0 Å². The van der Waals surface area contributed by atoms with E-state index < -0.39 is 0 Å². The molecule has 1 heterocycles. The average molecular weight is 371 g/mol. The Bertz CT molecular complexity index is 811. The van der Waals surface area contributed by atoms with Gasteiger partial charge in [0, 0.05) is 34.5 Å². The maximum atomic E-state index is 12.2. The molecule has 0 aliphatic rings. The molecule has 0 saturated heterocycles. The van der Waals surface area contributed by atoms with Crippen LogP contribution in [0.1, 0.15) is 24.9 Å². The zero-order chi connectivity index (χ0) is 16.2. The molecule has 1 amide bonds. The number of aromatic nitrogens is 1. The number of benzene rings is 2. The second kappa shape index (κ2) is 7.01. The molecule has 118 valence electrons. The third kappa shape index (κ3) is 3.64. The standard InChI is InChI=1S/C19H19BrN2O/c1-14(15-6-3-2-4-7-15)21-19(23)11-13-22-12-10-16-17(20)8-5-9-18(16)22/h2-10,12,14H,11,13H2,1H3,(H,21,23)/t14-/m1/s1. The molecule has 3 aromatic rings. The second-order valence-corrected chi connectivity index (χ2v) is 6.49. The lowest BCUT2D eigenvalue weighted by molar-refractivity contribution is -0.121. The first kappa shape index (κ1) is 15.8. The Labute approximate surface area is 144 Å². The van der Waals surface area contributed by atoms with Gasteiger partial charge in [-0.05, 0) is 30.7 Å². The van der Waals surface area contributed by atoms with E-state index in [1.807, 2.05) is 55.6 Å². The molecule has 0 aliphatic heterocycles. The van der Waals surface area contributed by atoms with Crippen LogP contribution in [0.25, 0.3) is 10.9 Å². The van der Waals surface area contributed by atoms with Crippen LogP contribution in [0.15, 0.2) is 65.3 Å². The van der Waals surface area contributed by atoms with Crippen molar-refractivity contribution in [2.24, 2.45) is 0 Å². The van der Waals surface area contributed by atoms with Gasteiger partial charge in [0.2, 0.25) is 5.91 Å². The minimum absolute atomic E-state index is 0.0271. The molecule has 1 aromatic heterocycles. The van der Waals surface area contributed by atoms with E-state index in [9.17, 15) is 4.79 Å². The number of amides is 1. The third-order valence-electron chi connectivity index (χ3n) is 4.02. The highest BCUT2D eigenvalue weighted by atomic mass is 79.9. The molecule has 0 aliphatic carbocycles. The van der Waals surface area contributed by atoms with Crippen LogP contribution in [0.2, 0.25) is 0 Å². The fourth-order valence-corrected chi connectivity index (χ4v) is 3.23. The minimum Gasteiger partial charge on any atom is -0.350 e. The summed E-state index contributed by atoms with van der Waals surface area (Å²) >= 11 is 3.56. The van der Waals surface area contributed by atoms with Gasteiger partial charge in [-0.3, -0.25) is 4.79 Å². The maximum Gasteiger partial charge on any atom is 0.222 e. The number of rotatable bonds is 5. The van der Waals surface area contributed by atoms with E-state index in [-0.39, 0.29) is 11.9 Å². The number of aryl methyl sites for hydroxylation is 1. The van der Waals surface area contributed by atoms with Crippen LogP contribution in [-0.2, 0) is 11.3 Å². The van der Waals surface area contributed by atoms with Crippen LogP contribution in [-0.4, -0.2) is 10.5 Å². The van der Waals surface area contributed by atoms with Crippen molar-refractivity contribution < 1.29 is 4.79 Å². The van der Waals surface area contributed by atoms with Crippen molar-refractivity contribution in [2.45, 2.75) is 25.9 Å². The molecule has 3 rings (SSSR count). The van der Waals surface area contributed by atoms with Crippen LogP contribution in [0.3, 0.4) is 0 Å². The fraction of sp³-hybridized carbons (Fsp3) is 0.211. The molecule has 0 radical (unpaired) electrons. The first-order valence-corrected chi connectivity index (χ1v) is 8.52. The smallest absolute Gasteiger partial charge is 0.222 e. The van der Waals surface area contributed by atoms with E-state index in [1.165, 1.54) is 5.39 Å². The summed E-state index contributed by atoms with van der Waals surface area (Å²) in [7, 11) is 0. The van der Waals surface area contributed by atoms with Gasteiger partial charge in [0.1, 0.15) is 0 Å². The molecular weight excluding hydrogens is 352 g/mol. The van der Waals surface area contributed by atoms with Crippen LogP contribution < -0.4 is 5.32 Å². The zero-order valence-electron chi connectivity index (χ0n) is 13.0. The largest absolute Gasteiger partial charge is 0.350 e. The molecule has 2 aromatic carbocycles. The zero-order valence-corrected chi connectivity index (χ0v) is 14.6. The van der Waals surface area contributed by atoms with Gasteiger partial charge in [-0.25, -0.2) is 0 Å². The molecular formula is C19H19BrN2O. The molecule has 0 fully saturated rings. The summed E-state index contributed by atoms with van der Waals surface area (Å²) in [5.41, 5.74) is 2.26. The predicted octanol–water partition coefficient (Wildman–Crippen LogP) is 4.67. The fourth-order valence-electron chi connectivity index (χ4n) is 2.74. The number of halogens is 1. The van der Waals surface area contributed by atoms with Crippen molar-refractivity contribution in [3.8, 4) is 0 Å². The first-order valence-electron chi connectivity index (χ1n) is 7.73. The molecule has 0 bridgehead atoms. The molecule has 0 unspecified atom stereocenters. The van der Waals surface area contributed by atoms with Gasteiger partial charge in [-0.2, -0.15) is 0 Å². The molecule has 0 saturated carbocycles. The van der Waals surface area contributed by atoms with Crippen molar-refractivity contribution in [3.63, 3.8) is 0 Å². The molecule has 1 N–H and O–H groups in total. The van der Waals surface area contributed by atoms with Crippen LogP contribution in [0.4, 0.5) is 0 Å². The van der Waals surface area contributed by atoms with E-state index in [0.717, 1.165) is 15.6 Å². The normalized spacial score (nSPS) is 12.3. The van der Waals surface area contributed by atoms with Gasteiger partial charge in [0.25, 0.3) is 0 Å². The van der Waals surface area contributed by atoms with Crippen molar-refractivity contribution in [3.05, 3.63) is 70.8 Å². The Kier molecular flexibility index (Phi) is 4.82. The van der Waals surface area contributed by atoms with E-state index in [1.54, 1.807) is 0 Å². The highest BCUT2D eigenvalue weighted by Gasteiger charge is 2.10. The van der Waals surface area contributed by atoms with Crippen LogP contribution in [0, 0.1) is 0 Å². The predicted molar refractivity (Wildman–Crippen MR) is 97.3 cm³/mol. The maximum absolute atomic E-state index is 12.2. The monoisotopic (exact) mass is 370 g/mol. The van der Waals surface area contributed by atoms with E-state index in [4.69, 9.17) is 0 Å². The molecule has 0 spiro atoms. The van der Waals surface area contributed by atoms with Crippen molar-refractivity contribution >= 4 is 32.7 Å². The Morgan fingerprint density at radius 3 is 2.70 bits per heavy atom. The van der Waals surface area contributed by atoms with Gasteiger partial charge >= 0.3 is 0 Å². The Morgan fingerprint density at radius 1 is 1.13 bits per heavy atom. The number of hydrogen-bond donors (Lipinski definition) is 1. The lowest BCUT2D eigenvalue weighted by atomic mass is 10.1. The Morgan fingerprint density at radius 2 is 1.91 bits per heavy atom. The lowest BCUT2D eigenvalue weighted by Gasteiger charge is -2.14. The number of carbonyl (C=O) groups is 1. The minimum atomic E-state index is 0.0271. The molecule has 3 nitrogen and oxygen atoms in total. The van der Waals surface area contributed by atoms with Gasteiger partial charge in [-0.1, -0.05) is 52.3 Å². The topological polar surface area (TPSA) is 34.0 Å². The van der Waals surface area contributed by atoms with E-state index in [0.29, 0.717) is 13.0 Å². The number of nitrogens with one attached hydrogen (secondary N) is 1. The molecule has 1 atom stereocenters. The summed E-state index contributed by atoms with van der Waals surface area (Å²) < 4.78 is 3.20. The number of hydrogen-bond acceptors (Lipinski definition) is 1. The summed E-state index contributed by atoms with van der Waals surface area (Å²) in [6, 6.07) is 18.2. The number of fused-ring (bicyclic) bond motifs is 1. The van der Waals surface area contributed by atoms with Gasteiger partial charge in [0.05, 0.1) is 6.04 Å². The SMILES string of the molecule is C[C@@H](NC(=O)CCn1ccc2c(Br)cccc21)c1ccccc1. The van der Waals surface area contributed by atoms with Gasteiger partial charge in [-0.15, -0.1) is 0 Å². The van der Waals surface area contributed by atoms with Crippen molar-refractivity contribution in [1.82, 2.24) is 9.88 Å². The number of carbonyl (C=O) groups excluding carboxylic acids is 1. The summed E-state index contributed by atoms with van der Waals surface area (Å²) in [6.07, 6.45) is 2.50. The molecule has 23 heavy (non-hydrogen) atoms. The summed E-state index contributed by atoms with van der Waals surface area (Å²) in [5.74, 6) is 0.0678. The molecule has 4 heteroatoms. The lowest BCUT2D eigenvalue weighted by Crippen LogP contribution is -2.27. The highest BCUT2D eigenvalue weighted by Crippen LogP contribution is 2.24. The highest BCUT2D eigenvalue weighted by molar-refractivity contribution is 9.10. The Hall–Kier alpha value is -2.07. The summed E-state index contributed by atoms with van der Waals surface area (Å²) in [5, 5.41) is 4.23. The van der Waals surface area contributed by atoms with Crippen LogP contribution in [0.5, 0.6) is 0 Å². The third-order valence-corrected chi connectivity index (χ3v) is 4.71. The second-order valence-electron chi connectivity index (χ2n) is 5.63. The van der Waals surface area contributed by atoms with Crippen molar-refractivity contribution in [2.75, 3.05) is 0 Å². The number of nitrogens with zero attached hydrogens (tertiary/aromatic N) is 1.